The lowest BCUT2D eigenvalue weighted by Crippen LogP contribution is -2.43. The molecule has 3 nitrogen and oxygen atoms in total. The van der Waals surface area contributed by atoms with E-state index in [2.05, 4.69) is 16.1 Å². The molecule has 2 unspecified atom stereocenters. The first-order valence-electron chi connectivity index (χ1n) is 7.77. The van der Waals surface area contributed by atoms with E-state index in [-0.39, 0.29) is 5.91 Å². The molecule has 2 aromatic rings. The Morgan fingerprint density at radius 1 is 1.27 bits per heavy atom. The number of terminal acetylenes is 1. The zero-order chi connectivity index (χ0) is 15.1. The summed E-state index contributed by atoms with van der Waals surface area (Å²) in [6.07, 6.45) is 6.73. The van der Waals surface area contributed by atoms with Crippen molar-refractivity contribution in [1.29, 1.82) is 0 Å². The number of nitrogens with one attached hydrogen (secondary N) is 1. The first-order chi connectivity index (χ1) is 10.7. The molecule has 2 aromatic carbocycles. The number of hydrogen-bond acceptors (Lipinski definition) is 2. The zero-order valence-electron chi connectivity index (χ0n) is 12.4. The van der Waals surface area contributed by atoms with Gasteiger partial charge in [-0.05, 0) is 47.9 Å². The van der Waals surface area contributed by atoms with Crippen LogP contribution in [0.15, 0.2) is 36.4 Å². The van der Waals surface area contributed by atoms with Crippen LogP contribution in [-0.2, 0) is 0 Å². The molecular formula is C19H18N2O. The van der Waals surface area contributed by atoms with Crippen molar-refractivity contribution in [3.05, 3.63) is 47.5 Å². The van der Waals surface area contributed by atoms with Gasteiger partial charge in [-0.15, -0.1) is 6.42 Å². The Labute approximate surface area is 130 Å². The summed E-state index contributed by atoms with van der Waals surface area (Å²) in [7, 11) is 0. The Balaban J connectivity index is 1.58. The maximum Gasteiger partial charge on any atom is 0.251 e. The predicted octanol–water partition coefficient (Wildman–Crippen LogP) is 2.26. The number of carbonyl (C=O) groups excluding carboxylic acids is 1. The van der Waals surface area contributed by atoms with Crippen LogP contribution in [0.1, 0.15) is 22.3 Å². The van der Waals surface area contributed by atoms with Gasteiger partial charge in [0.15, 0.2) is 0 Å². The van der Waals surface area contributed by atoms with Crippen LogP contribution in [0, 0.1) is 18.3 Å². The van der Waals surface area contributed by atoms with Gasteiger partial charge in [-0.25, -0.2) is 0 Å². The maximum absolute atomic E-state index is 12.5. The van der Waals surface area contributed by atoms with Gasteiger partial charge in [0.1, 0.15) is 0 Å². The van der Waals surface area contributed by atoms with Gasteiger partial charge in [0.05, 0.1) is 0 Å². The largest absolute Gasteiger partial charge is 0.348 e. The molecule has 0 radical (unpaired) electrons. The number of piperidine rings is 1. The van der Waals surface area contributed by atoms with E-state index in [4.69, 9.17) is 6.42 Å². The fraction of sp³-hybridized carbons (Fsp3) is 0.316. The fourth-order valence-corrected chi connectivity index (χ4v) is 3.75. The van der Waals surface area contributed by atoms with Gasteiger partial charge in [-0.1, -0.05) is 24.1 Å². The highest BCUT2D eigenvalue weighted by Gasteiger charge is 2.38. The summed E-state index contributed by atoms with van der Waals surface area (Å²) in [6.45, 7) is 3.31. The maximum atomic E-state index is 12.5. The van der Waals surface area contributed by atoms with E-state index >= 15 is 0 Å². The Hall–Kier alpha value is -2.31. The highest BCUT2D eigenvalue weighted by atomic mass is 16.1. The van der Waals surface area contributed by atoms with Crippen LogP contribution in [0.3, 0.4) is 0 Å². The van der Waals surface area contributed by atoms with E-state index in [0.717, 1.165) is 29.4 Å². The van der Waals surface area contributed by atoms with Gasteiger partial charge in [0, 0.05) is 30.3 Å². The molecule has 0 spiro atoms. The first kappa shape index (κ1) is 13.4. The molecule has 2 aliphatic rings. The number of nitrogens with zero attached hydrogens (tertiary/aromatic N) is 1. The first-order valence-corrected chi connectivity index (χ1v) is 7.77. The molecule has 2 saturated heterocycles. The lowest BCUT2D eigenvalue weighted by molar-refractivity contribution is 0.0924. The minimum Gasteiger partial charge on any atom is -0.348 e. The second-order valence-electron chi connectivity index (χ2n) is 6.27. The lowest BCUT2D eigenvalue weighted by Gasteiger charge is -2.23. The molecule has 1 amide bonds. The van der Waals surface area contributed by atoms with E-state index in [1.165, 1.54) is 13.0 Å². The van der Waals surface area contributed by atoms with E-state index < -0.39 is 0 Å². The smallest absolute Gasteiger partial charge is 0.251 e. The number of carbonyl (C=O) groups is 1. The third-order valence-corrected chi connectivity index (χ3v) is 4.95. The third kappa shape index (κ3) is 2.17. The van der Waals surface area contributed by atoms with Crippen LogP contribution in [0.5, 0.6) is 0 Å². The molecule has 0 aliphatic carbocycles. The summed E-state index contributed by atoms with van der Waals surface area (Å²) in [6, 6.07) is 11.9. The molecule has 2 aliphatic heterocycles. The van der Waals surface area contributed by atoms with Crippen molar-refractivity contribution in [2.24, 2.45) is 5.92 Å². The molecule has 3 atom stereocenters. The van der Waals surface area contributed by atoms with Crippen LogP contribution in [0.4, 0.5) is 0 Å². The second-order valence-corrected chi connectivity index (χ2v) is 6.27. The van der Waals surface area contributed by atoms with E-state index in [9.17, 15) is 4.79 Å². The van der Waals surface area contributed by atoms with Crippen LogP contribution in [0.25, 0.3) is 10.8 Å². The van der Waals surface area contributed by atoms with Gasteiger partial charge in [0.25, 0.3) is 5.91 Å². The van der Waals surface area contributed by atoms with Gasteiger partial charge >= 0.3 is 0 Å². The molecule has 1 N–H and O–H groups in total. The number of fused-ring (bicyclic) bond motifs is 3. The molecule has 2 heterocycles. The molecular weight excluding hydrogens is 272 g/mol. The van der Waals surface area contributed by atoms with Gasteiger partial charge in [-0.2, -0.15) is 0 Å². The number of benzene rings is 2. The fourth-order valence-electron chi connectivity index (χ4n) is 3.75. The normalized spacial score (nSPS) is 26.0. The minimum absolute atomic E-state index is 0.0201. The zero-order valence-corrected chi connectivity index (χ0v) is 12.4. The van der Waals surface area contributed by atoms with E-state index in [0.29, 0.717) is 17.5 Å². The van der Waals surface area contributed by atoms with E-state index in [1.54, 1.807) is 0 Å². The summed E-state index contributed by atoms with van der Waals surface area (Å²) in [5, 5.41) is 5.23. The Bertz CT molecular complexity index is 790. The Morgan fingerprint density at radius 3 is 2.91 bits per heavy atom. The van der Waals surface area contributed by atoms with Gasteiger partial charge in [0.2, 0.25) is 0 Å². The van der Waals surface area contributed by atoms with Gasteiger partial charge in [-0.3, -0.25) is 4.79 Å². The molecule has 3 heteroatoms. The molecule has 4 rings (SSSR count). The van der Waals surface area contributed by atoms with Crippen LogP contribution < -0.4 is 5.32 Å². The summed E-state index contributed by atoms with van der Waals surface area (Å²) < 4.78 is 0. The predicted molar refractivity (Wildman–Crippen MR) is 87.7 cm³/mol. The average molecular weight is 290 g/mol. The SMILES string of the molecule is C#Cc1cccc2cc(C(=O)NC3CN4CC[C@H]3C4)ccc12. The van der Waals surface area contributed by atoms with Crippen molar-refractivity contribution in [2.45, 2.75) is 12.5 Å². The molecule has 2 bridgehead atoms. The third-order valence-electron chi connectivity index (χ3n) is 4.95. The monoisotopic (exact) mass is 290 g/mol. The van der Waals surface area contributed by atoms with Gasteiger partial charge < -0.3 is 10.2 Å². The number of rotatable bonds is 2. The molecule has 0 aromatic heterocycles. The highest BCUT2D eigenvalue weighted by Crippen LogP contribution is 2.28. The van der Waals surface area contributed by atoms with Crippen molar-refractivity contribution < 1.29 is 4.79 Å². The lowest BCUT2D eigenvalue weighted by atomic mass is 9.99. The molecule has 0 saturated carbocycles. The molecule has 110 valence electrons. The van der Waals surface area contributed by atoms with Crippen molar-refractivity contribution in [2.75, 3.05) is 19.6 Å². The Morgan fingerprint density at radius 2 is 2.18 bits per heavy atom. The summed E-state index contributed by atoms with van der Waals surface area (Å²) in [5.74, 6) is 3.33. The molecule has 22 heavy (non-hydrogen) atoms. The van der Waals surface area contributed by atoms with Crippen molar-refractivity contribution in [1.82, 2.24) is 10.2 Å². The van der Waals surface area contributed by atoms with Crippen LogP contribution in [0.2, 0.25) is 0 Å². The standard InChI is InChI=1S/C19H18N2O/c1-2-13-4-3-5-14-10-15(6-7-17(13)14)19(22)20-18-12-21-9-8-16(18)11-21/h1,3-7,10,16,18H,8-9,11-12H2,(H,20,22)/t16-,18?/m0/s1. The minimum atomic E-state index is 0.0201. The summed E-state index contributed by atoms with van der Waals surface area (Å²) >= 11 is 0. The van der Waals surface area contributed by atoms with Crippen LogP contribution >= 0.6 is 0 Å². The number of amides is 1. The highest BCUT2D eigenvalue weighted by molar-refractivity contribution is 5.99. The summed E-state index contributed by atoms with van der Waals surface area (Å²) in [5.41, 5.74) is 1.57. The van der Waals surface area contributed by atoms with Crippen molar-refractivity contribution >= 4 is 16.7 Å². The topological polar surface area (TPSA) is 32.3 Å². The van der Waals surface area contributed by atoms with E-state index in [1.807, 2.05) is 36.4 Å². The van der Waals surface area contributed by atoms with Crippen LogP contribution in [-0.4, -0.2) is 36.5 Å². The Kier molecular flexibility index (Phi) is 3.13. The quantitative estimate of drug-likeness (QED) is 0.861. The number of hydrogen-bond donors (Lipinski definition) is 1. The average Bonchev–Trinajstić information content (AvgIpc) is 3.16. The molecule has 2 fully saturated rings. The second kappa shape index (κ2) is 5.15. The van der Waals surface area contributed by atoms with Crippen molar-refractivity contribution in [3.63, 3.8) is 0 Å². The summed E-state index contributed by atoms with van der Waals surface area (Å²) in [4.78, 5) is 14.9. The van der Waals surface area contributed by atoms with Crippen molar-refractivity contribution in [3.8, 4) is 12.3 Å².